The van der Waals surface area contributed by atoms with Gasteiger partial charge in [-0.1, -0.05) is 29.3 Å². The van der Waals surface area contributed by atoms with Crippen LogP contribution in [0.2, 0.25) is 0 Å². The maximum Gasteiger partial charge on any atom is 0.0462 e. The van der Waals surface area contributed by atoms with E-state index in [0.29, 0.717) is 6.04 Å². The van der Waals surface area contributed by atoms with Gasteiger partial charge < -0.3 is 10.1 Å². The van der Waals surface area contributed by atoms with E-state index in [4.69, 9.17) is 4.74 Å². The van der Waals surface area contributed by atoms with Gasteiger partial charge in [-0.25, -0.2) is 0 Å². The second-order valence-electron chi connectivity index (χ2n) is 4.80. The fourth-order valence-corrected chi connectivity index (χ4v) is 2.07. The number of hydrogen-bond donors (Lipinski definition) is 1. The molecule has 1 unspecified atom stereocenters. The van der Waals surface area contributed by atoms with Gasteiger partial charge in [-0.2, -0.15) is 0 Å². The molecule has 2 heteroatoms. The van der Waals surface area contributed by atoms with E-state index in [-0.39, 0.29) is 0 Å². The molecule has 1 rings (SSSR count). The third kappa shape index (κ3) is 5.33. The van der Waals surface area contributed by atoms with Crippen molar-refractivity contribution in [3.8, 4) is 0 Å². The summed E-state index contributed by atoms with van der Waals surface area (Å²) in [5.41, 5.74) is 4.07. The van der Waals surface area contributed by atoms with Crippen molar-refractivity contribution in [2.75, 3.05) is 20.3 Å². The highest BCUT2D eigenvalue weighted by molar-refractivity contribution is 5.30. The molecule has 1 aromatic carbocycles. The van der Waals surface area contributed by atoms with Crippen LogP contribution < -0.4 is 5.32 Å². The third-order valence-corrected chi connectivity index (χ3v) is 2.97. The van der Waals surface area contributed by atoms with Gasteiger partial charge >= 0.3 is 0 Å². The lowest BCUT2D eigenvalue weighted by Gasteiger charge is -2.15. The van der Waals surface area contributed by atoms with E-state index >= 15 is 0 Å². The number of nitrogens with one attached hydrogen (secondary N) is 1. The molecule has 0 aliphatic rings. The van der Waals surface area contributed by atoms with Gasteiger partial charge in [0.15, 0.2) is 0 Å². The Balaban J connectivity index is 2.38. The van der Waals surface area contributed by atoms with Crippen LogP contribution in [-0.4, -0.2) is 20.3 Å². The lowest BCUT2D eigenvalue weighted by Crippen LogP contribution is -2.20. The molecule has 0 heterocycles. The molecular weight excluding hydrogens is 210 g/mol. The molecule has 1 aromatic rings. The molecular formula is C15H25NO. The molecule has 2 nitrogen and oxygen atoms in total. The molecule has 0 saturated carbocycles. The van der Waals surface area contributed by atoms with Crippen LogP contribution in [0.15, 0.2) is 18.2 Å². The van der Waals surface area contributed by atoms with Crippen molar-refractivity contribution in [1.29, 1.82) is 0 Å². The molecule has 0 bridgehead atoms. The first-order valence-corrected chi connectivity index (χ1v) is 6.44. The van der Waals surface area contributed by atoms with Crippen molar-refractivity contribution in [1.82, 2.24) is 5.32 Å². The van der Waals surface area contributed by atoms with Gasteiger partial charge in [0, 0.05) is 19.8 Å². The van der Waals surface area contributed by atoms with E-state index in [2.05, 4.69) is 44.3 Å². The van der Waals surface area contributed by atoms with Crippen molar-refractivity contribution in [2.45, 2.75) is 39.7 Å². The predicted octanol–water partition coefficient (Wildman–Crippen LogP) is 3.38. The van der Waals surface area contributed by atoms with Crippen LogP contribution in [0.4, 0.5) is 0 Å². The minimum absolute atomic E-state index is 0.427. The number of aryl methyl sites for hydroxylation is 2. The van der Waals surface area contributed by atoms with Crippen LogP contribution in [0.5, 0.6) is 0 Å². The zero-order chi connectivity index (χ0) is 12.7. The Bertz CT molecular complexity index is 315. The highest BCUT2D eigenvalue weighted by Crippen LogP contribution is 2.16. The zero-order valence-corrected chi connectivity index (χ0v) is 11.5. The first-order valence-electron chi connectivity index (χ1n) is 6.44. The molecule has 1 atom stereocenters. The fourth-order valence-electron chi connectivity index (χ4n) is 2.07. The second kappa shape index (κ2) is 7.46. The van der Waals surface area contributed by atoms with Crippen molar-refractivity contribution in [3.05, 3.63) is 34.9 Å². The first-order chi connectivity index (χ1) is 8.13. The summed E-state index contributed by atoms with van der Waals surface area (Å²) < 4.78 is 5.04. The smallest absolute Gasteiger partial charge is 0.0462 e. The lowest BCUT2D eigenvalue weighted by molar-refractivity contribution is 0.192. The summed E-state index contributed by atoms with van der Waals surface area (Å²) in [6.45, 7) is 8.45. The van der Waals surface area contributed by atoms with Gasteiger partial charge in [-0.15, -0.1) is 0 Å². The van der Waals surface area contributed by atoms with Gasteiger partial charge in [-0.3, -0.25) is 0 Å². The number of benzene rings is 1. The molecule has 17 heavy (non-hydrogen) atoms. The summed E-state index contributed by atoms with van der Waals surface area (Å²) in [5, 5.41) is 3.56. The maximum atomic E-state index is 5.04. The standard InChI is InChI=1S/C15H25NO/c1-12-9-13(2)11-15(10-12)14(3)16-7-5-6-8-17-4/h9-11,14,16H,5-8H2,1-4H3. The minimum atomic E-state index is 0.427. The topological polar surface area (TPSA) is 21.3 Å². The highest BCUT2D eigenvalue weighted by atomic mass is 16.5. The molecule has 1 N–H and O–H groups in total. The van der Waals surface area contributed by atoms with Crippen LogP contribution in [-0.2, 0) is 4.74 Å². The SMILES string of the molecule is COCCCCNC(C)c1cc(C)cc(C)c1. The number of unbranched alkanes of at least 4 members (excludes halogenated alkanes) is 1. The Morgan fingerprint density at radius 1 is 1.12 bits per heavy atom. The summed E-state index contributed by atoms with van der Waals surface area (Å²) in [4.78, 5) is 0. The van der Waals surface area contributed by atoms with E-state index in [9.17, 15) is 0 Å². The van der Waals surface area contributed by atoms with Crippen molar-refractivity contribution in [2.24, 2.45) is 0 Å². The minimum Gasteiger partial charge on any atom is -0.385 e. The lowest BCUT2D eigenvalue weighted by atomic mass is 10.0. The van der Waals surface area contributed by atoms with Crippen molar-refractivity contribution >= 4 is 0 Å². The van der Waals surface area contributed by atoms with Gasteiger partial charge in [0.1, 0.15) is 0 Å². The molecule has 0 amide bonds. The van der Waals surface area contributed by atoms with Crippen LogP contribution in [0.25, 0.3) is 0 Å². The van der Waals surface area contributed by atoms with E-state index in [1.807, 2.05) is 0 Å². The van der Waals surface area contributed by atoms with E-state index in [0.717, 1.165) is 19.6 Å². The van der Waals surface area contributed by atoms with Gasteiger partial charge in [0.2, 0.25) is 0 Å². The zero-order valence-electron chi connectivity index (χ0n) is 11.5. The van der Waals surface area contributed by atoms with Gasteiger partial charge in [-0.05, 0) is 45.7 Å². The second-order valence-corrected chi connectivity index (χ2v) is 4.80. The van der Waals surface area contributed by atoms with E-state index in [1.54, 1.807) is 7.11 Å². The summed E-state index contributed by atoms with van der Waals surface area (Å²) >= 11 is 0. The number of ether oxygens (including phenoxy) is 1. The maximum absolute atomic E-state index is 5.04. The normalized spacial score (nSPS) is 12.7. The Kier molecular flexibility index (Phi) is 6.23. The molecule has 0 fully saturated rings. The molecule has 0 radical (unpaired) electrons. The van der Waals surface area contributed by atoms with Crippen LogP contribution in [0.1, 0.15) is 42.5 Å². The molecule has 96 valence electrons. The van der Waals surface area contributed by atoms with Crippen LogP contribution in [0.3, 0.4) is 0 Å². The van der Waals surface area contributed by atoms with E-state index < -0.39 is 0 Å². The molecule has 0 aliphatic heterocycles. The quantitative estimate of drug-likeness (QED) is 0.732. The van der Waals surface area contributed by atoms with Gasteiger partial charge in [0.05, 0.1) is 0 Å². The number of hydrogen-bond acceptors (Lipinski definition) is 2. The first kappa shape index (κ1) is 14.2. The highest BCUT2D eigenvalue weighted by Gasteiger charge is 2.05. The Morgan fingerprint density at radius 2 is 1.76 bits per heavy atom. The summed E-state index contributed by atoms with van der Waals surface area (Å²) in [7, 11) is 1.76. The van der Waals surface area contributed by atoms with Gasteiger partial charge in [0.25, 0.3) is 0 Å². The number of rotatable bonds is 7. The van der Waals surface area contributed by atoms with Crippen LogP contribution >= 0.6 is 0 Å². The predicted molar refractivity (Wildman–Crippen MR) is 73.4 cm³/mol. The van der Waals surface area contributed by atoms with Crippen LogP contribution in [0, 0.1) is 13.8 Å². The molecule has 0 spiro atoms. The molecule has 0 aromatic heterocycles. The Morgan fingerprint density at radius 3 is 2.35 bits per heavy atom. The average Bonchev–Trinajstić information content (AvgIpc) is 2.27. The molecule has 0 aliphatic carbocycles. The molecule has 0 saturated heterocycles. The van der Waals surface area contributed by atoms with Crippen molar-refractivity contribution in [3.63, 3.8) is 0 Å². The largest absolute Gasteiger partial charge is 0.385 e. The summed E-state index contributed by atoms with van der Waals surface area (Å²) in [6.07, 6.45) is 2.30. The average molecular weight is 235 g/mol. The Labute approximate surface area is 105 Å². The van der Waals surface area contributed by atoms with Crippen molar-refractivity contribution < 1.29 is 4.74 Å². The monoisotopic (exact) mass is 235 g/mol. The number of methoxy groups -OCH3 is 1. The Hall–Kier alpha value is -0.860. The summed E-state index contributed by atoms with van der Waals surface area (Å²) in [6, 6.07) is 7.17. The fraction of sp³-hybridized carbons (Fsp3) is 0.600. The third-order valence-electron chi connectivity index (χ3n) is 2.97. The van der Waals surface area contributed by atoms with E-state index in [1.165, 1.54) is 23.1 Å². The summed E-state index contributed by atoms with van der Waals surface area (Å²) in [5.74, 6) is 0.